The predicted octanol–water partition coefficient (Wildman–Crippen LogP) is 5.61. The number of alkyl halides is 1. The van der Waals surface area contributed by atoms with Gasteiger partial charge >= 0.3 is 0 Å². The molecule has 0 N–H and O–H groups in total. The van der Waals surface area contributed by atoms with Gasteiger partial charge in [0.05, 0.1) is 9.71 Å². The summed E-state index contributed by atoms with van der Waals surface area (Å²) in [6, 6.07) is 10.6. The fraction of sp³-hybridized carbons (Fsp3) is 0.333. The summed E-state index contributed by atoms with van der Waals surface area (Å²) in [7, 11) is 0. The molecule has 1 unspecified atom stereocenters. The number of rotatable bonds is 2. The summed E-state index contributed by atoms with van der Waals surface area (Å²) in [4.78, 5) is 1.12. The monoisotopic (exact) mass is 296 g/mol. The van der Waals surface area contributed by atoms with E-state index in [9.17, 15) is 0 Å². The lowest BCUT2D eigenvalue weighted by Crippen LogP contribution is -2.03. The first-order valence-electron chi connectivity index (χ1n) is 6.25. The summed E-state index contributed by atoms with van der Waals surface area (Å²) in [6.07, 6.45) is 5.02. The van der Waals surface area contributed by atoms with E-state index in [1.54, 1.807) is 11.3 Å². The molecule has 1 aliphatic carbocycles. The van der Waals surface area contributed by atoms with Crippen molar-refractivity contribution in [2.75, 3.05) is 0 Å². The Morgan fingerprint density at radius 2 is 1.78 bits per heavy atom. The van der Waals surface area contributed by atoms with Crippen molar-refractivity contribution >= 4 is 34.5 Å². The lowest BCUT2D eigenvalue weighted by atomic mass is 9.90. The molecule has 0 bridgehead atoms. The minimum Gasteiger partial charge on any atom is -0.127 e. The Bertz CT molecular complexity index is 559. The number of fused-ring (bicyclic) bond motifs is 1. The third-order valence-electron chi connectivity index (χ3n) is 3.51. The summed E-state index contributed by atoms with van der Waals surface area (Å²) < 4.78 is 0.800. The zero-order chi connectivity index (χ0) is 12.5. The van der Waals surface area contributed by atoms with Gasteiger partial charge in [0.1, 0.15) is 0 Å². The van der Waals surface area contributed by atoms with Crippen molar-refractivity contribution in [3.63, 3.8) is 0 Å². The molecule has 18 heavy (non-hydrogen) atoms. The molecule has 1 atom stereocenters. The van der Waals surface area contributed by atoms with Crippen LogP contribution in [0.5, 0.6) is 0 Å². The van der Waals surface area contributed by atoms with E-state index < -0.39 is 0 Å². The Morgan fingerprint density at radius 1 is 1.00 bits per heavy atom. The van der Waals surface area contributed by atoms with Gasteiger partial charge in [0, 0.05) is 4.88 Å². The zero-order valence-electron chi connectivity index (χ0n) is 9.96. The van der Waals surface area contributed by atoms with Crippen LogP contribution >= 0.6 is 34.5 Å². The predicted molar refractivity (Wildman–Crippen MR) is 80.1 cm³/mol. The van der Waals surface area contributed by atoms with Crippen LogP contribution in [-0.2, 0) is 12.8 Å². The van der Waals surface area contributed by atoms with E-state index in [0.29, 0.717) is 0 Å². The molecule has 0 nitrogen and oxygen atoms in total. The van der Waals surface area contributed by atoms with E-state index in [4.69, 9.17) is 23.2 Å². The Balaban J connectivity index is 1.92. The molecule has 0 fully saturated rings. The lowest BCUT2D eigenvalue weighted by Gasteiger charge is -2.18. The van der Waals surface area contributed by atoms with E-state index in [-0.39, 0.29) is 5.38 Å². The van der Waals surface area contributed by atoms with E-state index in [1.807, 2.05) is 12.1 Å². The molecule has 0 aliphatic heterocycles. The molecule has 2 aromatic rings. The van der Waals surface area contributed by atoms with Crippen molar-refractivity contribution in [2.45, 2.75) is 31.1 Å². The summed E-state index contributed by atoms with van der Waals surface area (Å²) in [5, 5.41) is -0.0743. The fourth-order valence-corrected chi connectivity index (χ4v) is 3.95. The maximum atomic E-state index is 6.54. The van der Waals surface area contributed by atoms with Crippen LogP contribution < -0.4 is 0 Å². The standard InChI is InChI=1S/C15H14Cl2S/c16-14-8-7-13(18-14)15(17)12-6-5-10-3-1-2-4-11(10)9-12/h5-9,15H,1-4H2. The van der Waals surface area contributed by atoms with Crippen molar-refractivity contribution in [3.8, 4) is 0 Å². The Morgan fingerprint density at radius 3 is 2.50 bits per heavy atom. The fourth-order valence-electron chi connectivity index (χ4n) is 2.54. The van der Waals surface area contributed by atoms with Gasteiger partial charge in [-0.15, -0.1) is 22.9 Å². The lowest BCUT2D eigenvalue weighted by molar-refractivity contribution is 0.684. The molecule has 1 aromatic carbocycles. The molecule has 0 radical (unpaired) electrons. The third-order valence-corrected chi connectivity index (χ3v) is 5.42. The maximum Gasteiger partial charge on any atom is 0.0931 e. The van der Waals surface area contributed by atoms with Crippen molar-refractivity contribution in [3.05, 3.63) is 56.2 Å². The van der Waals surface area contributed by atoms with Crippen LogP contribution in [-0.4, -0.2) is 0 Å². The molecule has 1 heterocycles. The Labute approximate surface area is 122 Å². The number of halogens is 2. The average molecular weight is 297 g/mol. The molecule has 1 aliphatic rings. The molecule has 0 amide bonds. The number of benzene rings is 1. The van der Waals surface area contributed by atoms with Crippen LogP contribution in [0.2, 0.25) is 4.34 Å². The average Bonchev–Trinajstić information content (AvgIpc) is 2.84. The Kier molecular flexibility index (Phi) is 3.65. The summed E-state index contributed by atoms with van der Waals surface area (Å²) in [6.45, 7) is 0. The van der Waals surface area contributed by atoms with Crippen molar-refractivity contribution in [1.82, 2.24) is 0 Å². The second-order valence-corrected chi connectivity index (χ2v) is 6.92. The first-order chi connectivity index (χ1) is 8.74. The molecule has 94 valence electrons. The number of hydrogen-bond donors (Lipinski definition) is 0. The smallest absolute Gasteiger partial charge is 0.0931 e. The van der Waals surface area contributed by atoms with Crippen LogP contribution in [0, 0.1) is 0 Å². The van der Waals surface area contributed by atoms with Gasteiger partial charge in [-0.1, -0.05) is 29.8 Å². The van der Waals surface area contributed by atoms with Crippen molar-refractivity contribution in [1.29, 1.82) is 0 Å². The highest BCUT2D eigenvalue weighted by atomic mass is 35.5. The SMILES string of the molecule is Clc1ccc(C(Cl)c2ccc3c(c2)CCCC3)s1. The Hall–Kier alpha value is -0.500. The van der Waals surface area contributed by atoms with Gasteiger partial charge in [-0.2, -0.15) is 0 Å². The van der Waals surface area contributed by atoms with E-state index in [2.05, 4.69) is 18.2 Å². The zero-order valence-corrected chi connectivity index (χ0v) is 12.3. The second-order valence-electron chi connectivity index (χ2n) is 4.74. The quantitative estimate of drug-likeness (QED) is 0.632. The number of hydrogen-bond acceptors (Lipinski definition) is 1. The highest BCUT2D eigenvalue weighted by molar-refractivity contribution is 7.16. The van der Waals surface area contributed by atoms with Gasteiger partial charge in [0.25, 0.3) is 0 Å². The minimum atomic E-state index is -0.0743. The first kappa shape index (κ1) is 12.5. The van der Waals surface area contributed by atoms with E-state index >= 15 is 0 Å². The molecule has 0 saturated carbocycles. The highest BCUT2D eigenvalue weighted by Crippen LogP contribution is 2.36. The summed E-state index contributed by atoms with van der Waals surface area (Å²) >= 11 is 14.1. The van der Waals surface area contributed by atoms with Gasteiger partial charge < -0.3 is 0 Å². The summed E-state index contributed by atoms with van der Waals surface area (Å²) in [5.74, 6) is 0. The minimum absolute atomic E-state index is 0.0743. The van der Waals surface area contributed by atoms with Crippen LogP contribution in [0.1, 0.15) is 39.8 Å². The molecule has 0 saturated heterocycles. The van der Waals surface area contributed by atoms with E-state index in [1.165, 1.54) is 42.4 Å². The molecule has 1 aromatic heterocycles. The van der Waals surface area contributed by atoms with Crippen molar-refractivity contribution in [2.24, 2.45) is 0 Å². The molecule has 3 heteroatoms. The van der Waals surface area contributed by atoms with Gasteiger partial charge in [0.15, 0.2) is 0 Å². The third kappa shape index (κ3) is 2.45. The number of aryl methyl sites for hydroxylation is 2. The molecular formula is C15H14Cl2S. The maximum absolute atomic E-state index is 6.54. The molecule has 0 spiro atoms. The largest absolute Gasteiger partial charge is 0.127 e. The molecular weight excluding hydrogens is 283 g/mol. The first-order valence-corrected chi connectivity index (χ1v) is 7.88. The van der Waals surface area contributed by atoms with Crippen molar-refractivity contribution < 1.29 is 0 Å². The number of thiophene rings is 1. The van der Waals surface area contributed by atoms with Gasteiger partial charge in [-0.3, -0.25) is 0 Å². The topological polar surface area (TPSA) is 0 Å². The van der Waals surface area contributed by atoms with E-state index in [0.717, 1.165) is 9.21 Å². The second kappa shape index (κ2) is 5.24. The van der Waals surface area contributed by atoms with Crippen LogP contribution in [0.3, 0.4) is 0 Å². The normalized spacial score (nSPS) is 16.3. The van der Waals surface area contributed by atoms with Gasteiger partial charge in [0.2, 0.25) is 0 Å². The highest BCUT2D eigenvalue weighted by Gasteiger charge is 2.16. The van der Waals surface area contributed by atoms with Gasteiger partial charge in [-0.05, 0) is 54.5 Å². The van der Waals surface area contributed by atoms with Crippen LogP contribution in [0.4, 0.5) is 0 Å². The van der Waals surface area contributed by atoms with Gasteiger partial charge in [-0.25, -0.2) is 0 Å². The molecule has 3 rings (SSSR count). The van der Waals surface area contributed by atoms with Crippen LogP contribution in [0.15, 0.2) is 30.3 Å². The summed E-state index contributed by atoms with van der Waals surface area (Å²) in [5.41, 5.74) is 4.17. The van der Waals surface area contributed by atoms with Crippen LogP contribution in [0.25, 0.3) is 0 Å².